The highest BCUT2D eigenvalue weighted by Gasteiger charge is 2.20. The lowest BCUT2D eigenvalue weighted by Gasteiger charge is -2.34. The molecule has 1 aliphatic rings. The number of benzene rings is 2. The molecule has 1 aliphatic heterocycles. The summed E-state index contributed by atoms with van der Waals surface area (Å²) in [6.45, 7) is 4.95. The number of pyridine rings is 1. The molecule has 0 radical (unpaired) electrons. The minimum absolute atomic E-state index is 0.0580. The summed E-state index contributed by atoms with van der Waals surface area (Å²) in [4.78, 5) is 20.9. The third-order valence-corrected chi connectivity index (χ3v) is 5.44. The fraction of sp³-hybridized carbons (Fsp3) is 0.273. The summed E-state index contributed by atoms with van der Waals surface area (Å²) in [5, 5.41) is 5.76. The summed E-state index contributed by atoms with van der Waals surface area (Å²) in [6.07, 6.45) is 1.60. The van der Waals surface area contributed by atoms with Crippen molar-refractivity contribution >= 4 is 34.0 Å². The summed E-state index contributed by atoms with van der Waals surface area (Å²) in [7, 11) is 0. The minimum atomic E-state index is -0.0580. The molecule has 1 saturated heterocycles. The quantitative estimate of drug-likeness (QED) is 0.671. The lowest BCUT2D eigenvalue weighted by molar-refractivity contribution is -0.117. The first-order valence-electron chi connectivity index (χ1n) is 9.51. The average molecular weight is 395 g/mol. The molecule has 1 N–H and O–H groups in total. The van der Waals surface area contributed by atoms with Gasteiger partial charge in [0.25, 0.3) is 0 Å². The van der Waals surface area contributed by atoms with E-state index in [1.54, 1.807) is 18.3 Å². The molecule has 4 rings (SSSR count). The van der Waals surface area contributed by atoms with E-state index in [0.717, 1.165) is 32.7 Å². The van der Waals surface area contributed by atoms with Crippen molar-refractivity contribution in [3.8, 4) is 0 Å². The van der Waals surface area contributed by atoms with Crippen molar-refractivity contribution in [3.63, 3.8) is 0 Å². The molecule has 2 heterocycles. The Balaban J connectivity index is 1.30. The average Bonchev–Trinajstić information content (AvgIpc) is 2.71. The van der Waals surface area contributed by atoms with Crippen LogP contribution in [0.1, 0.15) is 5.56 Å². The van der Waals surface area contributed by atoms with Crippen LogP contribution in [0.5, 0.6) is 0 Å². The van der Waals surface area contributed by atoms with E-state index in [0.29, 0.717) is 17.4 Å². The van der Waals surface area contributed by atoms with Gasteiger partial charge in [-0.3, -0.25) is 14.6 Å². The Hall–Kier alpha value is -2.47. The van der Waals surface area contributed by atoms with E-state index in [4.69, 9.17) is 11.6 Å². The molecule has 2 aromatic carbocycles. The number of anilines is 1. The predicted octanol–water partition coefficient (Wildman–Crippen LogP) is 3.64. The summed E-state index contributed by atoms with van der Waals surface area (Å²) >= 11 is 6.00. The Morgan fingerprint density at radius 1 is 0.964 bits per heavy atom. The van der Waals surface area contributed by atoms with Crippen LogP contribution in [0.25, 0.3) is 10.8 Å². The third kappa shape index (κ3) is 4.50. The number of nitrogens with one attached hydrogen (secondary N) is 1. The molecule has 0 bridgehead atoms. The number of rotatable bonds is 5. The van der Waals surface area contributed by atoms with Crippen LogP contribution in [-0.2, 0) is 11.3 Å². The van der Waals surface area contributed by atoms with E-state index in [9.17, 15) is 4.79 Å². The number of piperazine rings is 1. The van der Waals surface area contributed by atoms with Crippen LogP contribution in [0.2, 0.25) is 5.15 Å². The SMILES string of the molecule is O=C(CN1CCN(Cc2cccc3ccccc23)CC1)Nc1cccnc1Cl. The van der Waals surface area contributed by atoms with Gasteiger partial charge in [0.2, 0.25) is 5.91 Å². The maximum Gasteiger partial charge on any atom is 0.238 e. The maximum absolute atomic E-state index is 12.3. The van der Waals surface area contributed by atoms with E-state index in [1.807, 2.05) is 0 Å². The van der Waals surface area contributed by atoms with Crippen LogP contribution >= 0.6 is 11.6 Å². The molecule has 1 fully saturated rings. The van der Waals surface area contributed by atoms with Gasteiger partial charge in [-0.15, -0.1) is 0 Å². The van der Waals surface area contributed by atoms with Crippen molar-refractivity contribution in [2.24, 2.45) is 0 Å². The molecule has 1 amide bonds. The highest BCUT2D eigenvalue weighted by Crippen LogP contribution is 2.21. The number of aromatic nitrogens is 1. The van der Waals surface area contributed by atoms with Crippen LogP contribution < -0.4 is 5.32 Å². The van der Waals surface area contributed by atoms with E-state index < -0.39 is 0 Å². The number of hydrogen-bond donors (Lipinski definition) is 1. The van der Waals surface area contributed by atoms with Crippen molar-refractivity contribution in [1.29, 1.82) is 0 Å². The van der Waals surface area contributed by atoms with E-state index in [-0.39, 0.29) is 5.91 Å². The highest BCUT2D eigenvalue weighted by molar-refractivity contribution is 6.32. The van der Waals surface area contributed by atoms with Crippen molar-refractivity contribution in [2.45, 2.75) is 6.54 Å². The second-order valence-corrected chi connectivity index (χ2v) is 7.44. The summed E-state index contributed by atoms with van der Waals surface area (Å²) in [6, 6.07) is 18.5. The first-order chi connectivity index (χ1) is 13.7. The molecule has 0 aliphatic carbocycles. The first kappa shape index (κ1) is 18.9. The number of hydrogen-bond acceptors (Lipinski definition) is 4. The molecule has 6 heteroatoms. The zero-order valence-electron chi connectivity index (χ0n) is 15.6. The van der Waals surface area contributed by atoms with Gasteiger partial charge in [-0.25, -0.2) is 4.98 Å². The van der Waals surface area contributed by atoms with Crippen molar-refractivity contribution in [3.05, 3.63) is 71.5 Å². The molecule has 5 nitrogen and oxygen atoms in total. The van der Waals surface area contributed by atoms with Gasteiger partial charge in [0.15, 0.2) is 5.15 Å². The molecule has 0 unspecified atom stereocenters. The van der Waals surface area contributed by atoms with Gasteiger partial charge in [0, 0.05) is 38.9 Å². The molecule has 0 spiro atoms. The van der Waals surface area contributed by atoms with Crippen molar-refractivity contribution in [1.82, 2.24) is 14.8 Å². The molecule has 28 heavy (non-hydrogen) atoms. The van der Waals surface area contributed by atoms with Gasteiger partial charge in [-0.2, -0.15) is 0 Å². The molecule has 144 valence electrons. The Morgan fingerprint density at radius 3 is 2.54 bits per heavy atom. The second-order valence-electron chi connectivity index (χ2n) is 7.08. The van der Waals surface area contributed by atoms with E-state index in [1.165, 1.54) is 16.3 Å². The van der Waals surface area contributed by atoms with Gasteiger partial charge >= 0.3 is 0 Å². The fourth-order valence-corrected chi connectivity index (χ4v) is 3.82. The largest absolute Gasteiger partial charge is 0.322 e. The lowest BCUT2D eigenvalue weighted by atomic mass is 10.0. The highest BCUT2D eigenvalue weighted by atomic mass is 35.5. The number of carbonyl (C=O) groups excluding carboxylic acids is 1. The number of fused-ring (bicyclic) bond motifs is 1. The number of halogens is 1. The number of amides is 1. The van der Waals surface area contributed by atoms with Gasteiger partial charge in [0.05, 0.1) is 12.2 Å². The van der Waals surface area contributed by atoms with Crippen LogP contribution in [0.15, 0.2) is 60.8 Å². The molecular formula is C22H23ClN4O. The smallest absolute Gasteiger partial charge is 0.238 e. The van der Waals surface area contributed by atoms with Crippen LogP contribution in [0, 0.1) is 0 Å². The number of carbonyl (C=O) groups is 1. The zero-order chi connectivity index (χ0) is 19.3. The van der Waals surface area contributed by atoms with Crippen molar-refractivity contribution < 1.29 is 4.79 Å². The molecular weight excluding hydrogens is 372 g/mol. The summed E-state index contributed by atoms with van der Waals surface area (Å²) in [5.41, 5.74) is 1.92. The van der Waals surface area contributed by atoms with Crippen LogP contribution in [0.3, 0.4) is 0 Å². The van der Waals surface area contributed by atoms with Gasteiger partial charge < -0.3 is 5.32 Å². The Morgan fingerprint density at radius 2 is 1.71 bits per heavy atom. The fourth-order valence-electron chi connectivity index (χ4n) is 3.65. The van der Waals surface area contributed by atoms with E-state index in [2.05, 4.69) is 62.6 Å². The topological polar surface area (TPSA) is 48.5 Å². The summed E-state index contributed by atoms with van der Waals surface area (Å²) < 4.78 is 0. The Kier molecular flexibility index (Phi) is 5.86. The molecule has 3 aromatic rings. The molecule has 0 saturated carbocycles. The van der Waals surface area contributed by atoms with Crippen LogP contribution in [0.4, 0.5) is 5.69 Å². The summed E-state index contributed by atoms with van der Waals surface area (Å²) in [5.74, 6) is -0.0580. The van der Waals surface area contributed by atoms with E-state index >= 15 is 0 Å². The zero-order valence-corrected chi connectivity index (χ0v) is 16.4. The Bertz CT molecular complexity index is 964. The van der Waals surface area contributed by atoms with Gasteiger partial charge in [0.1, 0.15) is 0 Å². The van der Waals surface area contributed by atoms with Gasteiger partial charge in [-0.1, -0.05) is 54.1 Å². The third-order valence-electron chi connectivity index (χ3n) is 5.14. The molecule has 1 aromatic heterocycles. The minimum Gasteiger partial charge on any atom is -0.322 e. The lowest BCUT2D eigenvalue weighted by Crippen LogP contribution is -2.48. The number of nitrogens with zero attached hydrogens (tertiary/aromatic N) is 3. The maximum atomic E-state index is 12.3. The molecule has 0 atom stereocenters. The second kappa shape index (κ2) is 8.69. The van der Waals surface area contributed by atoms with Crippen LogP contribution in [-0.4, -0.2) is 53.4 Å². The monoisotopic (exact) mass is 394 g/mol. The first-order valence-corrected chi connectivity index (χ1v) is 9.88. The normalized spacial score (nSPS) is 15.6. The standard InChI is InChI=1S/C22H23ClN4O/c23-22-20(9-4-10-24-22)25-21(28)16-27-13-11-26(12-14-27)15-18-7-3-6-17-5-1-2-8-19(17)18/h1-10H,11-16H2,(H,25,28). The predicted molar refractivity (Wildman–Crippen MR) is 114 cm³/mol. The van der Waals surface area contributed by atoms with Gasteiger partial charge in [-0.05, 0) is 28.5 Å². The Labute approximate surface area is 169 Å². The van der Waals surface area contributed by atoms with Crippen molar-refractivity contribution in [2.75, 3.05) is 38.0 Å².